The second-order valence-electron chi connectivity index (χ2n) is 4.24. The number of nitrogens with zero attached hydrogens (tertiary/aromatic N) is 1. The van der Waals surface area contributed by atoms with Crippen LogP contribution >= 0.6 is 0 Å². The highest BCUT2D eigenvalue weighted by molar-refractivity contribution is 7.90. The molecule has 0 amide bonds. The number of benzene rings is 1. The maximum Gasteiger partial charge on any atom is 0.301 e. The second-order valence-corrected chi connectivity index (χ2v) is 6.01. The maximum absolute atomic E-state index is 12.1. The Morgan fingerprint density at radius 2 is 2.11 bits per heavy atom. The third-order valence-corrected chi connectivity index (χ3v) is 4.22. The first-order chi connectivity index (χ1) is 8.90. The van der Waals surface area contributed by atoms with Crippen LogP contribution in [0.4, 0.5) is 11.4 Å². The van der Waals surface area contributed by atoms with Gasteiger partial charge in [-0.15, -0.1) is 0 Å². The predicted octanol–water partition coefficient (Wildman–Crippen LogP) is 1.67. The van der Waals surface area contributed by atoms with Crippen LogP contribution in [0.15, 0.2) is 18.2 Å². The van der Waals surface area contributed by atoms with Gasteiger partial charge in [0.05, 0.1) is 18.5 Å². The average molecular weight is 287 g/mol. The minimum atomic E-state index is -3.59. The molecule has 0 saturated carbocycles. The van der Waals surface area contributed by atoms with E-state index in [1.54, 1.807) is 18.2 Å². The Kier molecular flexibility index (Phi) is 5.44. The lowest BCUT2D eigenvalue weighted by molar-refractivity contribution is 0.415. The molecule has 0 spiro atoms. The molecule has 7 heteroatoms. The molecule has 0 heterocycles. The maximum atomic E-state index is 12.1. The SMILES string of the molecule is CCCCN(C)S(=O)(=O)Nc1cc(OC)ccc1N. The van der Waals surface area contributed by atoms with Gasteiger partial charge < -0.3 is 10.5 Å². The van der Waals surface area contributed by atoms with Crippen molar-refractivity contribution < 1.29 is 13.2 Å². The van der Waals surface area contributed by atoms with Crippen molar-refractivity contribution in [1.29, 1.82) is 0 Å². The van der Waals surface area contributed by atoms with Gasteiger partial charge in [-0.2, -0.15) is 12.7 Å². The van der Waals surface area contributed by atoms with Crippen LogP contribution < -0.4 is 15.2 Å². The van der Waals surface area contributed by atoms with E-state index < -0.39 is 10.2 Å². The molecule has 108 valence electrons. The molecule has 0 aliphatic carbocycles. The summed E-state index contributed by atoms with van der Waals surface area (Å²) < 4.78 is 32.9. The van der Waals surface area contributed by atoms with Gasteiger partial charge >= 0.3 is 10.2 Å². The Balaban J connectivity index is 2.88. The lowest BCUT2D eigenvalue weighted by atomic mass is 10.2. The molecule has 0 aromatic heterocycles. The average Bonchev–Trinajstić information content (AvgIpc) is 2.38. The van der Waals surface area contributed by atoms with Gasteiger partial charge in [0.2, 0.25) is 0 Å². The molecule has 1 rings (SSSR count). The molecule has 19 heavy (non-hydrogen) atoms. The molecule has 0 unspecified atom stereocenters. The van der Waals surface area contributed by atoms with Crippen LogP contribution in [-0.2, 0) is 10.2 Å². The van der Waals surface area contributed by atoms with Gasteiger partial charge in [0.25, 0.3) is 0 Å². The summed E-state index contributed by atoms with van der Waals surface area (Å²) in [6.07, 6.45) is 1.74. The number of hydrogen-bond acceptors (Lipinski definition) is 4. The highest BCUT2D eigenvalue weighted by atomic mass is 32.2. The number of nitrogens with two attached hydrogens (primary N) is 1. The van der Waals surface area contributed by atoms with Crippen molar-refractivity contribution in [3.05, 3.63) is 18.2 Å². The van der Waals surface area contributed by atoms with Gasteiger partial charge in [0, 0.05) is 19.7 Å². The highest BCUT2D eigenvalue weighted by Crippen LogP contribution is 2.25. The highest BCUT2D eigenvalue weighted by Gasteiger charge is 2.18. The first kappa shape index (κ1) is 15.6. The molecule has 1 aromatic carbocycles. The van der Waals surface area contributed by atoms with Crippen molar-refractivity contribution >= 4 is 21.6 Å². The molecular formula is C12H21N3O3S. The van der Waals surface area contributed by atoms with Crippen LogP contribution in [0.1, 0.15) is 19.8 Å². The van der Waals surface area contributed by atoms with Crippen LogP contribution in [-0.4, -0.2) is 33.4 Å². The molecule has 3 N–H and O–H groups in total. The summed E-state index contributed by atoms with van der Waals surface area (Å²) >= 11 is 0. The summed E-state index contributed by atoms with van der Waals surface area (Å²) in [6.45, 7) is 2.48. The van der Waals surface area contributed by atoms with Crippen molar-refractivity contribution in [3.8, 4) is 5.75 Å². The Morgan fingerprint density at radius 3 is 2.68 bits per heavy atom. The zero-order valence-corrected chi connectivity index (χ0v) is 12.3. The summed E-state index contributed by atoms with van der Waals surface area (Å²) in [4.78, 5) is 0. The number of ether oxygens (including phenoxy) is 1. The van der Waals surface area contributed by atoms with Crippen LogP contribution in [0.25, 0.3) is 0 Å². The summed E-state index contributed by atoms with van der Waals surface area (Å²) in [5, 5.41) is 0. The van der Waals surface area contributed by atoms with E-state index in [2.05, 4.69) is 4.72 Å². The minimum Gasteiger partial charge on any atom is -0.497 e. The lowest BCUT2D eigenvalue weighted by Gasteiger charge is -2.19. The Bertz CT molecular complexity index is 517. The molecule has 1 aromatic rings. The van der Waals surface area contributed by atoms with Crippen LogP contribution in [0, 0.1) is 0 Å². The standard InChI is InChI=1S/C12H21N3O3S/c1-4-5-8-15(2)19(16,17)14-12-9-10(18-3)6-7-11(12)13/h6-7,9,14H,4-5,8,13H2,1-3H3. The molecule has 0 atom stereocenters. The van der Waals surface area contributed by atoms with Crippen LogP contribution in [0.3, 0.4) is 0 Å². The van der Waals surface area contributed by atoms with E-state index >= 15 is 0 Å². The van der Waals surface area contributed by atoms with E-state index in [1.165, 1.54) is 18.5 Å². The Hall–Kier alpha value is -1.47. The van der Waals surface area contributed by atoms with Crippen molar-refractivity contribution in [3.63, 3.8) is 0 Å². The molecule has 0 saturated heterocycles. The fourth-order valence-electron chi connectivity index (χ4n) is 1.47. The second kappa shape index (κ2) is 6.63. The van der Waals surface area contributed by atoms with Gasteiger partial charge in [-0.1, -0.05) is 13.3 Å². The summed E-state index contributed by atoms with van der Waals surface area (Å²) in [5.74, 6) is 0.545. The smallest absolute Gasteiger partial charge is 0.301 e. The molecule has 6 nitrogen and oxygen atoms in total. The van der Waals surface area contributed by atoms with Gasteiger partial charge in [0.1, 0.15) is 5.75 Å². The number of anilines is 2. The van der Waals surface area contributed by atoms with E-state index in [9.17, 15) is 8.42 Å². The van der Waals surface area contributed by atoms with Crippen molar-refractivity contribution in [1.82, 2.24) is 4.31 Å². The Labute approximate surface area is 114 Å². The van der Waals surface area contributed by atoms with Gasteiger partial charge in [-0.25, -0.2) is 0 Å². The number of unbranched alkanes of at least 4 members (excludes halogenated alkanes) is 1. The molecule has 0 radical (unpaired) electrons. The molecule has 0 aliphatic rings. The minimum absolute atomic E-state index is 0.322. The van der Waals surface area contributed by atoms with Gasteiger partial charge in [0.15, 0.2) is 0 Å². The van der Waals surface area contributed by atoms with E-state index in [-0.39, 0.29) is 0 Å². The number of methoxy groups -OCH3 is 1. The molecular weight excluding hydrogens is 266 g/mol. The first-order valence-corrected chi connectivity index (χ1v) is 7.52. The predicted molar refractivity (Wildman–Crippen MR) is 77.5 cm³/mol. The number of nitrogen functional groups attached to an aromatic ring is 1. The molecule has 0 fully saturated rings. The van der Waals surface area contributed by atoms with Crippen molar-refractivity contribution in [2.75, 3.05) is 31.2 Å². The largest absolute Gasteiger partial charge is 0.497 e. The third-order valence-electron chi connectivity index (χ3n) is 2.74. The van der Waals surface area contributed by atoms with E-state index in [4.69, 9.17) is 10.5 Å². The number of hydrogen-bond donors (Lipinski definition) is 2. The fraction of sp³-hybridized carbons (Fsp3) is 0.500. The fourth-order valence-corrected chi connectivity index (χ4v) is 2.45. The summed E-state index contributed by atoms with van der Waals surface area (Å²) in [5.41, 5.74) is 6.43. The molecule has 0 bridgehead atoms. The third kappa shape index (κ3) is 4.29. The van der Waals surface area contributed by atoms with E-state index in [0.717, 1.165) is 12.8 Å². The summed E-state index contributed by atoms with van der Waals surface area (Å²) in [6, 6.07) is 4.83. The Morgan fingerprint density at radius 1 is 1.42 bits per heavy atom. The number of nitrogens with one attached hydrogen (secondary N) is 1. The lowest BCUT2D eigenvalue weighted by Crippen LogP contribution is -2.33. The van der Waals surface area contributed by atoms with E-state index in [1.807, 2.05) is 6.92 Å². The van der Waals surface area contributed by atoms with Gasteiger partial charge in [-0.3, -0.25) is 4.72 Å². The van der Waals surface area contributed by atoms with Crippen LogP contribution in [0.2, 0.25) is 0 Å². The first-order valence-electron chi connectivity index (χ1n) is 6.08. The zero-order chi connectivity index (χ0) is 14.5. The number of rotatable bonds is 7. The topological polar surface area (TPSA) is 84.7 Å². The zero-order valence-electron chi connectivity index (χ0n) is 11.5. The summed E-state index contributed by atoms with van der Waals surface area (Å²) in [7, 11) is -0.538. The normalized spacial score (nSPS) is 11.6. The molecule has 0 aliphatic heterocycles. The van der Waals surface area contributed by atoms with E-state index in [0.29, 0.717) is 23.7 Å². The monoisotopic (exact) mass is 287 g/mol. The quantitative estimate of drug-likeness (QED) is 0.747. The van der Waals surface area contributed by atoms with Crippen LogP contribution in [0.5, 0.6) is 5.75 Å². The van der Waals surface area contributed by atoms with Crippen molar-refractivity contribution in [2.45, 2.75) is 19.8 Å². The van der Waals surface area contributed by atoms with Gasteiger partial charge in [-0.05, 0) is 18.6 Å². The van der Waals surface area contributed by atoms with Crippen molar-refractivity contribution in [2.24, 2.45) is 0 Å².